The van der Waals surface area contributed by atoms with E-state index in [1.165, 1.54) is 0 Å². The highest BCUT2D eigenvalue weighted by molar-refractivity contribution is 5.80. The fourth-order valence-electron chi connectivity index (χ4n) is 2.84. The molecule has 6 nitrogen and oxygen atoms in total. The van der Waals surface area contributed by atoms with Gasteiger partial charge in [-0.2, -0.15) is 0 Å². The number of hydrogen-bond acceptors (Lipinski definition) is 4. The van der Waals surface area contributed by atoms with Gasteiger partial charge < -0.3 is 19.9 Å². The first-order chi connectivity index (χ1) is 13.8. The zero-order valence-electron chi connectivity index (χ0n) is 17.4. The molecule has 0 aromatic heterocycles. The fourth-order valence-corrected chi connectivity index (χ4v) is 2.84. The summed E-state index contributed by atoms with van der Waals surface area (Å²) in [6, 6.07) is 13.2. The third-order valence-corrected chi connectivity index (χ3v) is 4.46. The lowest BCUT2D eigenvalue weighted by molar-refractivity contribution is -0.139. The molecule has 29 heavy (non-hydrogen) atoms. The number of carbonyl (C=O) groups is 2. The Morgan fingerprint density at radius 3 is 2.38 bits per heavy atom. The van der Waals surface area contributed by atoms with Crippen LogP contribution in [-0.4, -0.2) is 36.2 Å². The van der Waals surface area contributed by atoms with Crippen LogP contribution < -0.4 is 14.8 Å². The van der Waals surface area contributed by atoms with E-state index in [9.17, 15) is 9.59 Å². The average molecular weight is 399 g/mol. The second-order valence-corrected chi connectivity index (χ2v) is 7.32. The molecule has 0 saturated heterocycles. The third-order valence-electron chi connectivity index (χ3n) is 4.46. The van der Waals surface area contributed by atoms with Crippen molar-refractivity contribution in [3.05, 3.63) is 59.2 Å². The maximum atomic E-state index is 12.4. The zero-order chi connectivity index (χ0) is 21.4. The molecule has 2 N–H and O–H groups in total. The highest BCUT2D eigenvalue weighted by atomic mass is 16.5. The van der Waals surface area contributed by atoms with Crippen LogP contribution in [0.25, 0.3) is 0 Å². The smallest absolute Gasteiger partial charge is 0.341 e. The summed E-state index contributed by atoms with van der Waals surface area (Å²) in [4.78, 5) is 22.9. The molecule has 0 spiro atoms. The van der Waals surface area contributed by atoms with Crippen LogP contribution in [0, 0.1) is 6.92 Å². The van der Waals surface area contributed by atoms with E-state index in [1.807, 2.05) is 37.3 Å². The molecule has 1 atom stereocenters. The van der Waals surface area contributed by atoms with E-state index in [0.717, 1.165) is 22.4 Å². The minimum Gasteiger partial charge on any atom is -0.482 e. The van der Waals surface area contributed by atoms with Gasteiger partial charge in [0.25, 0.3) is 5.91 Å². The van der Waals surface area contributed by atoms with Crippen LogP contribution in [0.5, 0.6) is 11.5 Å². The Balaban J connectivity index is 1.83. The number of carboxylic acid groups (broad SMARTS) is 1. The molecule has 0 aliphatic heterocycles. The average Bonchev–Trinajstić information content (AvgIpc) is 2.67. The predicted octanol–water partition coefficient (Wildman–Crippen LogP) is 3.71. The maximum Gasteiger partial charge on any atom is 0.341 e. The van der Waals surface area contributed by atoms with Crippen LogP contribution in [-0.2, 0) is 16.0 Å². The van der Waals surface area contributed by atoms with Gasteiger partial charge in [-0.15, -0.1) is 0 Å². The third kappa shape index (κ3) is 7.14. The van der Waals surface area contributed by atoms with Gasteiger partial charge in [0.05, 0.1) is 0 Å². The van der Waals surface area contributed by atoms with Gasteiger partial charge in [-0.1, -0.05) is 38.1 Å². The molecule has 1 amide bonds. The molecule has 0 bridgehead atoms. The minimum absolute atomic E-state index is 0.164. The summed E-state index contributed by atoms with van der Waals surface area (Å²) in [7, 11) is 0. The first-order valence-corrected chi connectivity index (χ1v) is 9.74. The molecule has 1 unspecified atom stereocenters. The van der Waals surface area contributed by atoms with Crippen molar-refractivity contribution in [3.63, 3.8) is 0 Å². The van der Waals surface area contributed by atoms with Gasteiger partial charge in [-0.25, -0.2) is 4.79 Å². The van der Waals surface area contributed by atoms with Gasteiger partial charge in [0, 0.05) is 6.54 Å². The van der Waals surface area contributed by atoms with Gasteiger partial charge in [0.2, 0.25) is 0 Å². The highest BCUT2D eigenvalue weighted by Gasteiger charge is 2.17. The largest absolute Gasteiger partial charge is 0.482 e. The summed E-state index contributed by atoms with van der Waals surface area (Å²) < 4.78 is 11.0. The summed E-state index contributed by atoms with van der Waals surface area (Å²) in [5.74, 6) is 0.381. The minimum atomic E-state index is -1.01. The van der Waals surface area contributed by atoms with E-state index in [4.69, 9.17) is 14.6 Å². The van der Waals surface area contributed by atoms with E-state index in [1.54, 1.807) is 19.1 Å². The van der Waals surface area contributed by atoms with Gasteiger partial charge in [-0.05, 0) is 61.1 Å². The topological polar surface area (TPSA) is 84.9 Å². The van der Waals surface area contributed by atoms with Gasteiger partial charge in [-0.3, -0.25) is 4.79 Å². The van der Waals surface area contributed by atoms with Crippen LogP contribution in [0.3, 0.4) is 0 Å². The Bertz CT molecular complexity index is 830. The number of carbonyl (C=O) groups excluding carboxylic acids is 1. The number of benzene rings is 2. The van der Waals surface area contributed by atoms with Crippen LogP contribution in [0.15, 0.2) is 42.5 Å². The molecule has 0 heterocycles. The van der Waals surface area contributed by atoms with Crippen molar-refractivity contribution >= 4 is 11.9 Å². The quantitative estimate of drug-likeness (QED) is 0.636. The van der Waals surface area contributed by atoms with E-state index in [0.29, 0.717) is 24.6 Å². The summed E-state index contributed by atoms with van der Waals surface area (Å²) in [6.07, 6.45) is 0.0559. The Hall–Kier alpha value is -3.02. The second-order valence-electron chi connectivity index (χ2n) is 7.32. The SMILES string of the molecule is Cc1ccc(C(C)C)c(OC(C)C(=O)NCCc2ccc(OCC(=O)O)cc2)c1. The molecular weight excluding hydrogens is 370 g/mol. The molecule has 2 aromatic carbocycles. The summed E-state index contributed by atoms with van der Waals surface area (Å²) in [5.41, 5.74) is 3.19. The lowest BCUT2D eigenvalue weighted by Crippen LogP contribution is -2.37. The molecule has 0 fully saturated rings. The maximum absolute atomic E-state index is 12.4. The fraction of sp³-hybridized carbons (Fsp3) is 0.391. The van der Waals surface area contributed by atoms with Crippen LogP contribution >= 0.6 is 0 Å². The van der Waals surface area contributed by atoms with Crippen LogP contribution in [0.1, 0.15) is 43.4 Å². The number of rotatable bonds is 10. The molecule has 0 aliphatic rings. The second kappa shape index (κ2) is 10.5. The number of carboxylic acids is 1. The van der Waals surface area contributed by atoms with E-state index in [2.05, 4.69) is 19.2 Å². The van der Waals surface area contributed by atoms with Crippen LogP contribution in [0.4, 0.5) is 0 Å². The van der Waals surface area contributed by atoms with Gasteiger partial charge in [0.1, 0.15) is 11.5 Å². The monoisotopic (exact) mass is 399 g/mol. The van der Waals surface area contributed by atoms with Crippen molar-refractivity contribution < 1.29 is 24.2 Å². The van der Waals surface area contributed by atoms with Crippen LogP contribution in [0.2, 0.25) is 0 Å². The number of aliphatic carboxylic acids is 1. The van der Waals surface area contributed by atoms with E-state index in [-0.39, 0.29) is 12.5 Å². The predicted molar refractivity (Wildman–Crippen MR) is 112 cm³/mol. The van der Waals surface area contributed by atoms with E-state index >= 15 is 0 Å². The van der Waals surface area contributed by atoms with Crippen molar-refractivity contribution in [2.24, 2.45) is 0 Å². The van der Waals surface area contributed by atoms with Crippen molar-refractivity contribution in [2.45, 2.75) is 46.1 Å². The number of nitrogens with one attached hydrogen (secondary N) is 1. The van der Waals surface area contributed by atoms with Gasteiger partial charge >= 0.3 is 5.97 Å². The zero-order valence-corrected chi connectivity index (χ0v) is 17.4. The lowest BCUT2D eigenvalue weighted by atomic mass is 10.0. The Kier molecular flexibility index (Phi) is 8.07. The standard InChI is InChI=1S/C23H29NO5/c1-15(2)20-10-5-16(3)13-21(20)29-17(4)23(27)24-12-11-18-6-8-19(9-7-18)28-14-22(25)26/h5-10,13,15,17H,11-12,14H2,1-4H3,(H,24,27)(H,25,26). The first kappa shape index (κ1) is 22.3. The normalized spacial score (nSPS) is 11.8. The summed E-state index contributed by atoms with van der Waals surface area (Å²) >= 11 is 0. The van der Waals surface area contributed by atoms with Crippen molar-refractivity contribution in [1.29, 1.82) is 0 Å². The summed E-state index contributed by atoms with van der Waals surface area (Å²) in [6.45, 7) is 8.05. The molecule has 156 valence electrons. The Morgan fingerprint density at radius 2 is 1.76 bits per heavy atom. The Morgan fingerprint density at radius 1 is 1.07 bits per heavy atom. The number of aryl methyl sites for hydroxylation is 1. The number of amides is 1. The molecule has 6 heteroatoms. The molecule has 0 aliphatic carbocycles. The van der Waals surface area contributed by atoms with E-state index < -0.39 is 12.1 Å². The first-order valence-electron chi connectivity index (χ1n) is 9.74. The molecule has 0 radical (unpaired) electrons. The Labute approximate surface area is 171 Å². The lowest BCUT2D eigenvalue weighted by Gasteiger charge is -2.19. The number of hydrogen-bond donors (Lipinski definition) is 2. The molecule has 2 rings (SSSR count). The summed E-state index contributed by atoms with van der Waals surface area (Å²) in [5, 5.41) is 11.5. The number of ether oxygens (including phenoxy) is 2. The van der Waals surface area contributed by atoms with Gasteiger partial charge in [0.15, 0.2) is 12.7 Å². The molecule has 0 saturated carbocycles. The van der Waals surface area contributed by atoms with Crippen molar-refractivity contribution in [2.75, 3.05) is 13.2 Å². The highest BCUT2D eigenvalue weighted by Crippen LogP contribution is 2.28. The molecular formula is C23H29NO5. The molecule has 2 aromatic rings. The van der Waals surface area contributed by atoms with Crippen molar-refractivity contribution in [3.8, 4) is 11.5 Å². The van der Waals surface area contributed by atoms with Crippen molar-refractivity contribution in [1.82, 2.24) is 5.32 Å².